The van der Waals surface area contributed by atoms with Crippen LogP contribution in [-0.4, -0.2) is 11.5 Å². The van der Waals surface area contributed by atoms with E-state index < -0.39 is 0 Å². The standard InChI is InChI=1S/C7H14S/c1-5-6(2)7(3)8-4/h5-7H,1H2,2-4H3. The SMILES string of the molecule is C=CC(C)C(C)SC. The molecule has 0 aliphatic carbocycles. The van der Waals surface area contributed by atoms with Crippen molar-refractivity contribution < 1.29 is 0 Å². The molecule has 2 unspecified atom stereocenters. The summed E-state index contributed by atoms with van der Waals surface area (Å²) in [5, 5.41) is 0.715. The molecule has 0 aromatic heterocycles. The van der Waals surface area contributed by atoms with E-state index in [2.05, 4.69) is 26.7 Å². The Morgan fingerprint density at radius 1 is 1.50 bits per heavy atom. The zero-order valence-corrected chi connectivity index (χ0v) is 6.66. The van der Waals surface area contributed by atoms with Crippen molar-refractivity contribution in [3.63, 3.8) is 0 Å². The van der Waals surface area contributed by atoms with Crippen LogP contribution in [0.1, 0.15) is 13.8 Å². The molecule has 8 heavy (non-hydrogen) atoms. The van der Waals surface area contributed by atoms with Gasteiger partial charge in [-0.1, -0.05) is 19.9 Å². The maximum atomic E-state index is 3.72. The molecule has 0 nitrogen and oxygen atoms in total. The van der Waals surface area contributed by atoms with Crippen molar-refractivity contribution in [2.24, 2.45) is 5.92 Å². The molecule has 0 aliphatic heterocycles. The number of allylic oxidation sites excluding steroid dienone is 1. The lowest BCUT2D eigenvalue weighted by Crippen LogP contribution is -2.05. The monoisotopic (exact) mass is 130 g/mol. The minimum Gasteiger partial charge on any atom is -0.162 e. The number of hydrogen-bond acceptors (Lipinski definition) is 1. The summed E-state index contributed by atoms with van der Waals surface area (Å²) in [5.41, 5.74) is 0. The van der Waals surface area contributed by atoms with E-state index in [0.717, 1.165) is 0 Å². The van der Waals surface area contributed by atoms with Crippen molar-refractivity contribution in [3.8, 4) is 0 Å². The highest BCUT2D eigenvalue weighted by molar-refractivity contribution is 7.99. The van der Waals surface area contributed by atoms with Gasteiger partial charge in [-0.25, -0.2) is 0 Å². The van der Waals surface area contributed by atoms with Crippen molar-refractivity contribution in [1.29, 1.82) is 0 Å². The van der Waals surface area contributed by atoms with Gasteiger partial charge >= 0.3 is 0 Å². The van der Waals surface area contributed by atoms with E-state index in [1.54, 1.807) is 0 Å². The van der Waals surface area contributed by atoms with E-state index in [1.165, 1.54) is 0 Å². The predicted octanol–water partition coefficient (Wildman–Crippen LogP) is 2.56. The summed E-state index contributed by atoms with van der Waals surface area (Å²) in [4.78, 5) is 0. The molecule has 0 fully saturated rings. The molecule has 0 bridgehead atoms. The highest BCUT2D eigenvalue weighted by Crippen LogP contribution is 2.15. The van der Waals surface area contributed by atoms with Crippen LogP contribution in [-0.2, 0) is 0 Å². The molecule has 1 heteroatoms. The fraction of sp³-hybridized carbons (Fsp3) is 0.714. The van der Waals surface area contributed by atoms with Crippen LogP contribution >= 0.6 is 11.8 Å². The van der Waals surface area contributed by atoms with Gasteiger partial charge in [-0.3, -0.25) is 0 Å². The Morgan fingerprint density at radius 3 is 2.12 bits per heavy atom. The number of hydrogen-bond donors (Lipinski definition) is 0. The van der Waals surface area contributed by atoms with Crippen molar-refractivity contribution >= 4 is 11.8 Å². The van der Waals surface area contributed by atoms with Crippen molar-refractivity contribution in [2.45, 2.75) is 19.1 Å². The van der Waals surface area contributed by atoms with Gasteiger partial charge in [0.25, 0.3) is 0 Å². The largest absolute Gasteiger partial charge is 0.162 e. The third-order valence-electron chi connectivity index (χ3n) is 1.48. The fourth-order valence-corrected chi connectivity index (χ4v) is 0.947. The molecule has 48 valence electrons. The van der Waals surface area contributed by atoms with Crippen LogP contribution in [0.5, 0.6) is 0 Å². The second kappa shape index (κ2) is 4.02. The second-order valence-corrected chi connectivity index (χ2v) is 3.25. The van der Waals surface area contributed by atoms with Gasteiger partial charge in [0, 0.05) is 5.25 Å². The van der Waals surface area contributed by atoms with Crippen LogP contribution in [0.25, 0.3) is 0 Å². The first-order chi connectivity index (χ1) is 3.72. The maximum Gasteiger partial charge on any atom is 0.00759 e. The Bertz CT molecular complexity index is 68.8. The lowest BCUT2D eigenvalue weighted by molar-refractivity contribution is 0.719. The predicted molar refractivity (Wildman–Crippen MR) is 42.3 cm³/mol. The molecule has 0 saturated heterocycles. The fourth-order valence-electron chi connectivity index (χ4n) is 0.406. The summed E-state index contributed by atoms with van der Waals surface area (Å²) in [7, 11) is 0. The molecule has 0 amide bonds. The van der Waals surface area contributed by atoms with E-state index in [-0.39, 0.29) is 0 Å². The summed E-state index contributed by atoms with van der Waals surface area (Å²) in [5.74, 6) is 0.644. The first kappa shape index (κ1) is 8.09. The van der Waals surface area contributed by atoms with Gasteiger partial charge in [0.15, 0.2) is 0 Å². The second-order valence-electron chi connectivity index (χ2n) is 2.04. The maximum absolute atomic E-state index is 3.72. The minimum atomic E-state index is 0.644. The topological polar surface area (TPSA) is 0 Å². The van der Waals surface area contributed by atoms with Gasteiger partial charge in [0.2, 0.25) is 0 Å². The smallest absolute Gasteiger partial charge is 0.00759 e. The van der Waals surface area contributed by atoms with Gasteiger partial charge in [-0.05, 0) is 12.2 Å². The van der Waals surface area contributed by atoms with Crippen molar-refractivity contribution in [1.82, 2.24) is 0 Å². The Hall–Kier alpha value is 0.0900. The Balaban J connectivity index is 3.44. The molecule has 0 rings (SSSR count). The Morgan fingerprint density at radius 2 is 2.00 bits per heavy atom. The van der Waals surface area contributed by atoms with Gasteiger partial charge in [0.1, 0.15) is 0 Å². The first-order valence-corrected chi connectivity index (χ1v) is 4.16. The highest BCUT2D eigenvalue weighted by Gasteiger charge is 2.04. The van der Waals surface area contributed by atoms with E-state index in [9.17, 15) is 0 Å². The Labute approximate surface area is 56.4 Å². The highest BCUT2D eigenvalue weighted by atomic mass is 32.2. The number of rotatable bonds is 3. The minimum absolute atomic E-state index is 0.644. The molecular weight excluding hydrogens is 116 g/mol. The van der Waals surface area contributed by atoms with Crippen LogP contribution in [0.15, 0.2) is 12.7 Å². The first-order valence-electron chi connectivity index (χ1n) is 2.87. The van der Waals surface area contributed by atoms with Crippen LogP contribution in [0, 0.1) is 5.92 Å². The molecule has 0 heterocycles. The van der Waals surface area contributed by atoms with Crippen LogP contribution in [0.2, 0.25) is 0 Å². The average Bonchev–Trinajstić information content (AvgIpc) is 1.84. The number of thioether (sulfide) groups is 1. The Kier molecular flexibility index (Phi) is 4.06. The molecule has 0 saturated carbocycles. The normalized spacial score (nSPS) is 17.4. The summed E-state index contributed by atoms with van der Waals surface area (Å²) < 4.78 is 0. The van der Waals surface area contributed by atoms with Gasteiger partial charge in [-0.2, -0.15) is 11.8 Å². The summed E-state index contributed by atoms with van der Waals surface area (Å²) in [6.45, 7) is 8.12. The van der Waals surface area contributed by atoms with E-state index in [4.69, 9.17) is 0 Å². The van der Waals surface area contributed by atoms with E-state index >= 15 is 0 Å². The third-order valence-corrected chi connectivity index (χ3v) is 2.66. The van der Waals surface area contributed by atoms with E-state index in [1.807, 2.05) is 17.8 Å². The summed E-state index contributed by atoms with van der Waals surface area (Å²) in [6.07, 6.45) is 4.13. The van der Waals surface area contributed by atoms with Crippen molar-refractivity contribution in [2.75, 3.05) is 6.26 Å². The van der Waals surface area contributed by atoms with Gasteiger partial charge < -0.3 is 0 Å². The molecule has 0 N–H and O–H groups in total. The molecule has 0 aliphatic rings. The van der Waals surface area contributed by atoms with Gasteiger partial charge in [-0.15, -0.1) is 6.58 Å². The lowest BCUT2D eigenvalue weighted by atomic mass is 10.1. The average molecular weight is 130 g/mol. The van der Waals surface area contributed by atoms with Crippen LogP contribution in [0.4, 0.5) is 0 Å². The van der Waals surface area contributed by atoms with E-state index in [0.29, 0.717) is 11.2 Å². The molecule has 2 atom stereocenters. The quantitative estimate of drug-likeness (QED) is 0.529. The zero-order valence-electron chi connectivity index (χ0n) is 5.85. The van der Waals surface area contributed by atoms with Gasteiger partial charge in [0.05, 0.1) is 0 Å². The third kappa shape index (κ3) is 2.41. The molecule has 0 radical (unpaired) electrons. The van der Waals surface area contributed by atoms with Crippen LogP contribution < -0.4 is 0 Å². The molecule has 0 aromatic carbocycles. The lowest BCUT2D eigenvalue weighted by Gasteiger charge is -2.11. The molecule has 0 spiro atoms. The summed E-state index contributed by atoms with van der Waals surface area (Å²) >= 11 is 1.89. The zero-order chi connectivity index (χ0) is 6.57. The molecule has 0 aromatic rings. The van der Waals surface area contributed by atoms with Crippen LogP contribution in [0.3, 0.4) is 0 Å². The van der Waals surface area contributed by atoms with Crippen molar-refractivity contribution in [3.05, 3.63) is 12.7 Å². The molecular formula is C7H14S. The summed E-state index contributed by atoms with van der Waals surface area (Å²) in [6, 6.07) is 0.